The molecule has 0 unspecified atom stereocenters. The summed E-state index contributed by atoms with van der Waals surface area (Å²) in [7, 11) is 0. The maximum Gasteiger partial charge on any atom is 0.241 e. The van der Waals surface area contributed by atoms with Gasteiger partial charge in [-0.3, -0.25) is 4.79 Å². The lowest BCUT2D eigenvalue weighted by atomic mass is 9.82. The number of fused-ring (bicyclic) bond motifs is 1. The van der Waals surface area contributed by atoms with E-state index in [1.165, 1.54) is 11.2 Å². The number of carbonyl (C=O) groups is 1. The summed E-state index contributed by atoms with van der Waals surface area (Å²) < 4.78 is 58.9. The summed E-state index contributed by atoms with van der Waals surface area (Å²) in [6.07, 6.45) is -1.59. The molecule has 1 aromatic heterocycles. The van der Waals surface area contributed by atoms with Crippen molar-refractivity contribution in [1.29, 1.82) is 0 Å². The van der Waals surface area contributed by atoms with Crippen LogP contribution in [0.3, 0.4) is 0 Å². The maximum atomic E-state index is 14.7. The van der Waals surface area contributed by atoms with Gasteiger partial charge in [0.1, 0.15) is 17.4 Å². The molecule has 9 heteroatoms. The van der Waals surface area contributed by atoms with Crippen molar-refractivity contribution in [3.63, 3.8) is 0 Å². The summed E-state index contributed by atoms with van der Waals surface area (Å²) in [5.74, 6) is -2.85. The number of aromatic nitrogens is 2. The maximum absolute atomic E-state index is 14.7. The molecule has 1 fully saturated rings. The van der Waals surface area contributed by atoms with Crippen molar-refractivity contribution in [3.8, 4) is 5.75 Å². The molecule has 1 aliphatic rings. The molecule has 29 heavy (non-hydrogen) atoms. The molecule has 0 saturated carbocycles. The Morgan fingerprint density at radius 1 is 1.21 bits per heavy atom. The molecule has 2 heterocycles. The minimum absolute atomic E-state index is 0.174. The number of aromatic amines is 1. The Morgan fingerprint density at radius 2 is 1.93 bits per heavy atom. The highest BCUT2D eigenvalue weighted by molar-refractivity contribution is 6.04. The van der Waals surface area contributed by atoms with Crippen LogP contribution in [0.25, 0.3) is 11.0 Å². The molecule has 0 aliphatic carbocycles. The number of amides is 1. The zero-order valence-corrected chi connectivity index (χ0v) is 15.3. The summed E-state index contributed by atoms with van der Waals surface area (Å²) in [6.45, 7) is 1.24. The highest BCUT2D eigenvalue weighted by atomic mass is 19.3. The number of halogens is 4. The van der Waals surface area contributed by atoms with Gasteiger partial charge in [-0.1, -0.05) is 6.92 Å². The van der Waals surface area contributed by atoms with Crippen LogP contribution in [0.1, 0.15) is 24.9 Å². The summed E-state index contributed by atoms with van der Waals surface area (Å²) >= 11 is 0. The Morgan fingerprint density at radius 3 is 2.62 bits per heavy atom. The van der Waals surface area contributed by atoms with Gasteiger partial charge in [0, 0.05) is 29.8 Å². The summed E-state index contributed by atoms with van der Waals surface area (Å²) in [4.78, 5) is 20.9. The van der Waals surface area contributed by atoms with Crippen LogP contribution < -0.4 is 9.64 Å². The zero-order chi connectivity index (χ0) is 20.7. The standard InChI is InChI=1S/C20H17F4N3O2/c1-10-19(18-13(21)7-12(8-14(18)22)29-5-4-17(23)24)27(20(10)28)11-2-3-15-16(6-11)26-9-25-15/h2-3,6-10,17,19H,4-5H2,1H3,(H,25,26)/t10-,19+/m0/s1. The third kappa shape index (κ3) is 3.41. The topological polar surface area (TPSA) is 58.2 Å². The lowest BCUT2D eigenvalue weighted by molar-refractivity contribution is -0.129. The minimum atomic E-state index is -2.56. The van der Waals surface area contributed by atoms with E-state index in [0.29, 0.717) is 11.2 Å². The van der Waals surface area contributed by atoms with Gasteiger partial charge < -0.3 is 14.6 Å². The number of anilines is 1. The fourth-order valence-electron chi connectivity index (χ4n) is 3.56. The normalized spacial score (nSPS) is 19.1. The second-order valence-electron chi connectivity index (χ2n) is 6.87. The van der Waals surface area contributed by atoms with Crippen molar-refractivity contribution in [1.82, 2.24) is 9.97 Å². The quantitative estimate of drug-likeness (QED) is 0.480. The SMILES string of the molecule is C[C@@H]1C(=O)N(c2ccc3[nH]cnc3c2)[C@H]1c1c(F)cc(OCCC(F)F)cc1F. The molecule has 1 aliphatic heterocycles. The monoisotopic (exact) mass is 407 g/mol. The second kappa shape index (κ2) is 7.38. The minimum Gasteiger partial charge on any atom is -0.493 e. The first-order valence-corrected chi connectivity index (χ1v) is 9.03. The van der Waals surface area contributed by atoms with Gasteiger partial charge in [0.15, 0.2) is 0 Å². The zero-order valence-electron chi connectivity index (χ0n) is 15.3. The molecule has 4 rings (SSSR count). The number of nitrogens with zero attached hydrogens (tertiary/aromatic N) is 2. The average molecular weight is 407 g/mol. The average Bonchev–Trinajstić information content (AvgIpc) is 3.14. The fraction of sp³-hybridized carbons (Fsp3) is 0.300. The molecular formula is C20H17F4N3O2. The molecular weight excluding hydrogens is 390 g/mol. The van der Waals surface area contributed by atoms with E-state index >= 15 is 0 Å². The highest BCUT2D eigenvalue weighted by Crippen LogP contribution is 2.45. The third-order valence-corrected chi connectivity index (χ3v) is 5.02. The van der Waals surface area contributed by atoms with E-state index in [4.69, 9.17) is 4.74 Å². The van der Waals surface area contributed by atoms with Crippen molar-refractivity contribution in [2.75, 3.05) is 11.5 Å². The molecule has 2 atom stereocenters. The first kappa shape index (κ1) is 19.2. The van der Waals surface area contributed by atoms with Gasteiger partial charge in [-0.25, -0.2) is 22.5 Å². The van der Waals surface area contributed by atoms with Crippen LogP contribution in [0, 0.1) is 17.6 Å². The molecule has 0 spiro atoms. The fourth-order valence-corrected chi connectivity index (χ4v) is 3.56. The van der Waals surface area contributed by atoms with Gasteiger partial charge in [0.05, 0.1) is 35.9 Å². The number of ether oxygens (including phenoxy) is 1. The van der Waals surface area contributed by atoms with Crippen LogP contribution in [0.2, 0.25) is 0 Å². The van der Waals surface area contributed by atoms with E-state index in [9.17, 15) is 22.4 Å². The van der Waals surface area contributed by atoms with Gasteiger partial charge in [0.2, 0.25) is 12.3 Å². The van der Waals surface area contributed by atoms with Crippen LogP contribution in [0.5, 0.6) is 5.75 Å². The van der Waals surface area contributed by atoms with Crippen LogP contribution in [0.4, 0.5) is 23.2 Å². The molecule has 1 N–H and O–H groups in total. The van der Waals surface area contributed by atoms with Crippen molar-refractivity contribution in [3.05, 3.63) is 53.9 Å². The Kier molecular flexibility index (Phi) is 4.89. The number of hydrogen-bond acceptors (Lipinski definition) is 3. The number of benzene rings is 2. The first-order chi connectivity index (χ1) is 13.9. The van der Waals surface area contributed by atoms with E-state index in [1.54, 1.807) is 25.1 Å². The first-order valence-electron chi connectivity index (χ1n) is 9.03. The van der Waals surface area contributed by atoms with Gasteiger partial charge in [-0.15, -0.1) is 0 Å². The third-order valence-electron chi connectivity index (χ3n) is 5.02. The van der Waals surface area contributed by atoms with E-state index in [0.717, 1.165) is 17.6 Å². The van der Waals surface area contributed by atoms with Crippen molar-refractivity contribution >= 4 is 22.6 Å². The Labute approximate surface area is 163 Å². The molecule has 3 aromatic rings. The molecule has 5 nitrogen and oxygen atoms in total. The number of nitrogens with one attached hydrogen (secondary N) is 1. The number of H-pyrrole nitrogens is 1. The summed E-state index contributed by atoms with van der Waals surface area (Å²) in [5, 5.41) is 0. The van der Waals surface area contributed by atoms with Crippen LogP contribution in [0.15, 0.2) is 36.7 Å². The lowest BCUT2D eigenvalue weighted by Crippen LogP contribution is -2.54. The number of β-lactam (4-membered cyclic amide) rings is 1. The number of imidazole rings is 1. The van der Waals surface area contributed by atoms with Crippen molar-refractivity contribution < 1.29 is 27.1 Å². The molecule has 152 valence electrons. The van der Waals surface area contributed by atoms with E-state index in [1.807, 2.05) is 0 Å². The van der Waals surface area contributed by atoms with Crippen LogP contribution in [-0.2, 0) is 4.79 Å². The number of rotatable bonds is 6. The van der Waals surface area contributed by atoms with Crippen LogP contribution in [-0.4, -0.2) is 28.9 Å². The predicted molar refractivity (Wildman–Crippen MR) is 98.0 cm³/mol. The molecule has 2 aromatic carbocycles. The van der Waals surface area contributed by atoms with Crippen molar-refractivity contribution in [2.45, 2.75) is 25.8 Å². The van der Waals surface area contributed by atoms with Gasteiger partial charge >= 0.3 is 0 Å². The van der Waals surface area contributed by atoms with Gasteiger partial charge in [-0.05, 0) is 18.2 Å². The Bertz CT molecular complexity index is 1050. The largest absolute Gasteiger partial charge is 0.493 e. The number of hydrogen-bond donors (Lipinski definition) is 1. The van der Waals surface area contributed by atoms with E-state index in [-0.39, 0.29) is 23.8 Å². The highest BCUT2D eigenvalue weighted by Gasteiger charge is 2.48. The number of alkyl halides is 2. The molecule has 1 saturated heterocycles. The van der Waals surface area contributed by atoms with E-state index < -0.39 is 36.4 Å². The smallest absolute Gasteiger partial charge is 0.241 e. The number of carbonyl (C=O) groups excluding carboxylic acids is 1. The van der Waals surface area contributed by atoms with Gasteiger partial charge in [-0.2, -0.15) is 0 Å². The Hall–Kier alpha value is -3.10. The predicted octanol–water partition coefficient (Wildman–Crippen LogP) is 4.60. The summed E-state index contributed by atoms with van der Waals surface area (Å²) in [5.41, 5.74) is 1.61. The van der Waals surface area contributed by atoms with Gasteiger partial charge in [0.25, 0.3) is 0 Å². The van der Waals surface area contributed by atoms with Crippen molar-refractivity contribution in [2.24, 2.45) is 5.92 Å². The molecule has 1 amide bonds. The Balaban J connectivity index is 1.64. The van der Waals surface area contributed by atoms with E-state index in [2.05, 4.69) is 9.97 Å². The van der Waals surface area contributed by atoms with Crippen LogP contribution >= 0.6 is 0 Å². The lowest BCUT2D eigenvalue weighted by Gasteiger charge is -2.46. The summed E-state index contributed by atoms with van der Waals surface area (Å²) in [6, 6.07) is 6.14. The molecule has 0 radical (unpaired) electrons. The molecule has 0 bridgehead atoms. The second-order valence-corrected chi connectivity index (χ2v) is 6.87.